The van der Waals surface area contributed by atoms with Crippen LogP contribution in [0.15, 0.2) is 54.2 Å². The van der Waals surface area contributed by atoms with Crippen molar-refractivity contribution in [2.24, 2.45) is 0 Å². The van der Waals surface area contributed by atoms with Crippen molar-refractivity contribution in [2.45, 2.75) is 0 Å². The number of benzene rings is 1. The van der Waals surface area contributed by atoms with E-state index in [2.05, 4.69) is 16.0 Å². The van der Waals surface area contributed by atoms with Gasteiger partial charge in [0.1, 0.15) is 16.8 Å². The van der Waals surface area contributed by atoms with E-state index in [1.807, 2.05) is 47.9 Å². The minimum Gasteiger partial charge on any atom is -0.497 e. The Labute approximate surface area is 138 Å². The fourth-order valence-corrected chi connectivity index (χ4v) is 2.86. The second-order valence-corrected chi connectivity index (χ2v) is 5.57. The summed E-state index contributed by atoms with van der Waals surface area (Å²) >= 11 is 1.46. The highest BCUT2D eigenvalue weighted by atomic mass is 32.1. The van der Waals surface area contributed by atoms with Crippen molar-refractivity contribution in [2.75, 3.05) is 7.11 Å². The number of hydrogen-bond acceptors (Lipinski definition) is 5. The van der Waals surface area contributed by atoms with Gasteiger partial charge in [-0.3, -0.25) is 4.98 Å². The molecule has 0 aliphatic carbocycles. The number of methoxy groups -OCH3 is 1. The van der Waals surface area contributed by atoms with Crippen molar-refractivity contribution >= 4 is 23.0 Å². The highest BCUT2D eigenvalue weighted by molar-refractivity contribution is 7.11. The van der Waals surface area contributed by atoms with Crippen molar-refractivity contribution in [1.29, 1.82) is 5.26 Å². The molecule has 3 rings (SSSR count). The van der Waals surface area contributed by atoms with Crippen LogP contribution in [0.5, 0.6) is 5.75 Å². The van der Waals surface area contributed by atoms with Crippen LogP contribution in [0.1, 0.15) is 10.6 Å². The highest BCUT2D eigenvalue weighted by Gasteiger charge is 2.09. The average molecular weight is 319 g/mol. The molecule has 2 aromatic heterocycles. The van der Waals surface area contributed by atoms with Gasteiger partial charge in [-0.15, -0.1) is 11.3 Å². The number of allylic oxidation sites excluding steroid dienone is 1. The lowest BCUT2D eigenvalue weighted by Crippen LogP contribution is -1.84. The Hall–Kier alpha value is -2.97. The van der Waals surface area contributed by atoms with Gasteiger partial charge in [0.25, 0.3) is 0 Å². The molecule has 0 unspecified atom stereocenters. The molecule has 0 atom stereocenters. The van der Waals surface area contributed by atoms with E-state index in [0.717, 1.165) is 22.6 Å². The van der Waals surface area contributed by atoms with Crippen molar-refractivity contribution in [3.05, 3.63) is 64.7 Å². The highest BCUT2D eigenvalue weighted by Crippen LogP contribution is 2.27. The Morgan fingerprint density at radius 1 is 1.17 bits per heavy atom. The summed E-state index contributed by atoms with van der Waals surface area (Å²) in [5.74, 6) is 0.787. The third kappa shape index (κ3) is 3.44. The second-order valence-electron chi connectivity index (χ2n) is 4.72. The summed E-state index contributed by atoms with van der Waals surface area (Å²) in [4.78, 5) is 8.56. The molecule has 0 spiro atoms. The van der Waals surface area contributed by atoms with Gasteiger partial charge in [0.05, 0.1) is 18.4 Å². The second kappa shape index (κ2) is 6.86. The van der Waals surface area contributed by atoms with Crippen LogP contribution in [0.4, 0.5) is 0 Å². The van der Waals surface area contributed by atoms with Crippen LogP contribution < -0.4 is 4.74 Å². The molecular formula is C18H13N3OS. The fourth-order valence-electron chi connectivity index (χ4n) is 2.06. The SMILES string of the molecule is COc1ccc(/C=C(/C#N)c2nc(-c3ccncc3)cs2)cc1. The zero-order valence-corrected chi connectivity index (χ0v) is 13.2. The maximum atomic E-state index is 9.44. The number of ether oxygens (including phenoxy) is 1. The normalized spacial score (nSPS) is 11.0. The number of hydrogen-bond donors (Lipinski definition) is 0. The molecule has 23 heavy (non-hydrogen) atoms. The molecule has 0 radical (unpaired) electrons. The molecule has 3 aromatic rings. The Morgan fingerprint density at radius 3 is 2.57 bits per heavy atom. The van der Waals surface area contributed by atoms with Crippen LogP contribution in [-0.4, -0.2) is 17.1 Å². The molecule has 0 amide bonds. The van der Waals surface area contributed by atoms with E-state index in [1.54, 1.807) is 19.5 Å². The smallest absolute Gasteiger partial charge is 0.134 e. The summed E-state index contributed by atoms with van der Waals surface area (Å²) in [7, 11) is 1.63. The van der Waals surface area contributed by atoms with E-state index < -0.39 is 0 Å². The van der Waals surface area contributed by atoms with E-state index in [4.69, 9.17) is 4.74 Å². The first-order chi connectivity index (χ1) is 11.3. The molecule has 0 N–H and O–H groups in total. The van der Waals surface area contributed by atoms with Crippen molar-refractivity contribution < 1.29 is 4.74 Å². The standard InChI is InChI=1S/C18H13N3OS/c1-22-16-4-2-13(3-5-16)10-15(11-19)18-21-17(12-23-18)14-6-8-20-9-7-14/h2-10,12H,1H3/b15-10-. The van der Waals surface area contributed by atoms with Crippen molar-refractivity contribution in [3.63, 3.8) is 0 Å². The van der Waals surface area contributed by atoms with E-state index in [0.29, 0.717) is 10.6 Å². The lowest BCUT2D eigenvalue weighted by atomic mass is 10.1. The van der Waals surface area contributed by atoms with Gasteiger partial charge in [-0.2, -0.15) is 5.26 Å². The van der Waals surface area contributed by atoms with Crippen LogP contribution in [0, 0.1) is 11.3 Å². The van der Waals surface area contributed by atoms with Gasteiger partial charge in [-0.05, 0) is 35.9 Å². The molecule has 1 aromatic carbocycles. The van der Waals surface area contributed by atoms with E-state index in [1.165, 1.54) is 11.3 Å². The first-order valence-corrected chi connectivity index (χ1v) is 7.80. The van der Waals surface area contributed by atoms with Crippen LogP contribution in [-0.2, 0) is 0 Å². The Kier molecular flexibility index (Phi) is 4.46. The minimum atomic E-state index is 0.542. The molecule has 0 aliphatic heterocycles. The monoisotopic (exact) mass is 319 g/mol. The third-order valence-corrected chi connectivity index (χ3v) is 4.13. The molecule has 4 nitrogen and oxygen atoms in total. The molecule has 0 aliphatic rings. The zero-order chi connectivity index (χ0) is 16.1. The minimum absolute atomic E-state index is 0.542. The number of rotatable bonds is 4. The molecule has 0 saturated carbocycles. The maximum Gasteiger partial charge on any atom is 0.134 e. The summed E-state index contributed by atoms with van der Waals surface area (Å²) in [5, 5.41) is 12.1. The number of thiazole rings is 1. The first kappa shape index (κ1) is 14.9. The number of nitrogens with zero attached hydrogens (tertiary/aromatic N) is 3. The Balaban J connectivity index is 1.90. The number of aromatic nitrogens is 2. The van der Waals surface area contributed by atoms with Gasteiger partial charge in [-0.25, -0.2) is 4.98 Å². The third-order valence-electron chi connectivity index (χ3n) is 3.26. The van der Waals surface area contributed by atoms with Crippen LogP contribution in [0.3, 0.4) is 0 Å². The van der Waals surface area contributed by atoms with Gasteiger partial charge < -0.3 is 4.74 Å². The zero-order valence-electron chi connectivity index (χ0n) is 12.4. The number of nitriles is 1. The van der Waals surface area contributed by atoms with Gasteiger partial charge in [-0.1, -0.05) is 12.1 Å². The molecule has 0 bridgehead atoms. The molecule has 2 heterocycles. The first-order valence-electron chi connectivity index (χ1n) is 6.92. The van der Waals surface area contributed by atoms with Gasteiger partial charge in [0, 0.05) is 23.3 Å². The predicted octanol–water partition coefficient (Wildman–Crippen LogP) is 4.28. The van der Waals surface area contributed by atoms with Gasteiger partial charge in [0.15, 0.2) is 0 Å². The topological polar surface area (TPSA) is 58.8 Å². The van der Waals surface area contributed by atoms with Crippen LogP contribution in [0.2, 0.25) is 0 Å². The van der Waals surface area contributed by atoms with E-state index in [-0.39, 0.29) is 0 Å². The summed E-state index contributed by atoms with van der Waals surface area (Å²) in [5.41, 5.74) is 3.32. The predicted molar refractivity (Wildman–Crippen MR) is 91.8 cm³/mol. The average Bonchev–Trinajstić information content (AvgIpc) is 3.11. The fraction of sp³-hybridized carbons (Fsp3) is 0.0556. The largest absolute Gasteiger partial charge is 0.497 e. The maximum absolute atomic E-state index is 9.44. The quantitative estimate of drug-likeness (QED) is 0.674. The van der Waals surface area contributed by atoms with Crippen LogP contribution in [0.25, 0.3) is 22.9 Å². The summed E-state index contributed by atoms with van der Waals surface area (Å²) in [6.45, 7) is 0. The summed E-state index contributed by atoms with van der Waals surface area (Å²) in [6.07, 6.45) is 5.29. The summed E-state index contributed by atoms with van der Waals surface area (Å²) in [6, 6.07) is 13.6. The van der Waals surface area contributed by atoms with Crippen molar-refractivity contribution in [1.82, 2.24) is 9.97 Å². The molecule has 0 saturated heterocycles. The van der Waals surface area contributed by atoms with Gasteiger partial charge in [0.2, 0.25) is 0 Å². The Morgan fingerprint density at radius 2 is 1.91 bits per heavy atom. The van der Waals surface area contributed by atoms with E-state index in [9.17, 15) is 5.26 Å². The molecule has 0 fully saturated rings. The van der Waals surface area contributed by atoms with Crippen LogP contribution >= 0.6 is 11.3 Å². The van der Waals surface area contributed by atoms with Gasteiger partial charge >= 0.3 is 0 Å². The molecule has 5 heteroatoms. The lowest BCUT2D eigenvalue weighted by Gasteiger charge is -2.00. The van der Waals surface area contributed by atoms with Crippen molar-refractivity contribution in [3.8, 4) is 23.1 Å². The molecule has 112 valence electrons. The lowest BCUT2D eigenvalue weighted by molar-refractivity contribution is 0.415. The summed E-state index contributed by atoms with van der Waals surface area (Å²) < 4.78 is 5.14. The number of pyridine rings is 1. The Bertz CT molecular complexity index is 861. The molecular weight excluding hydrogens is 306 g/mol. The van der Waals surface area contributed by atoms with E-state index >= 15 is 0 Å².